The van der Waals surface area contributed by atoms with E-state index in [1.165, 1.54) is 12.1 Å². The molecule has 1 aliphatic heterocycles. The Morgan fingerprint density at radius 1 is 1.22 bits per heavy atom. The molecule has 0 aliphatic carbocycles. The highest BCUT2D eigenvalue weighted by molar-refractivity contribution is 7.98. The minimum atomic E-state index is -1.04. The molecule has 5 heteroatoms. The number of fused-ring (bicyclic) bond motifs is 1. The Bertz CT molecular complexity index is 704. The van der Waals surface area contributed by atoms with Crippen LogP contribution < -0.4 is 5.32 Å². The maximum Gasteiger partial charge on any atom is 0.224 e. The summed E-state index contributed by atoms with van der Waals surface area (Å²) in [6, 6.07) is 13.6. The molecule has 0 bridgehead atoms. The average molecular weight is 331 g/mol. The van der Waals surface area contributed by atoms with Crippen LogP contribution in [0.15, 0.2) is 48.5 Å². The molecule has 1 atom stereocenters. The van der Waals surface area contributed by atoms with Crippen LogP contribution in [0.25, 0.3) is 0 Å². The summed E-state index contributed by atoms with van der Waals surface area (Å²) < 4.78 is 12.9. The molecule has 0 aromatic heterocycles. The third-order valence-electron chi connectivity index (χ3n) is 3.97. The van der Waals surface area contributed by atoms with Gasteiger partial charge in [-0.1, -0.05) is 36.4 Å². The summed E-state index contributed by atoms with van der Waals surface area (Å²) in [5.41, 5.74) is 1.70. The van der Waals surface area contributed by atoms with E-state index in [2.05, 4.69) is 5.32 Å². The van der Waals surface area contributed by atoms with Crippen LogP contribution in [0.4, 0.5) is 4.39 Å². The largest absolute Gasteiger partial charge is 0.382 e. The van der Waals surface area contributed by atoms with Gasteiger partial charge in [0.2, 0.25) is 5.91 Å². The molecule has 0 spiro atoms. The predicted molar refractivity (Wildman–Crippen MR) is 89.6 cm³/mol. The van der Waals surface area contributed by atoms with Gasteiger partial charge < -0.3 is 10.4 Å². The van der Waals surface area contributed by atoms with Crippen molar-refractivity contribution in [2.24, 2.45) is 0 Å². The van der Waals surface area contributed by atoms with Crippen molar-refractivity contribution in [1.82, 2.24) is 5.32 Å². The Morgan fingerprint density at radius 2 is 1.96 bits per heavy atom. The Morgan fingerprint density at radius 3 is 2.74 bits per heavy atom. The molecule has 1 unspecified atom stereocenters. The lowest BCUT2D eigenvalue weighted by atomic mass is 9.91. The molecule has 1 heterocycles. The van der Waals surface area contributed by atoms with Crippen LogP contribution in [0.3, 0.4) is 0 Å². The molecular formula is C18H18FNO2S. The Labute approximate surface area is 138 Å². The summed E-state index contributed by atoms with van der Waals surface area (Å²) in [6.45, 7) is 0.178. The molecule has 1 aliphatic rings. The number of carbonyl (C=O) groups is 1. The molecule has 23 heavy (non-hydrogen) atoms. The van der Waals surface area contributed by atoms with E-state index in [0.717, 1.165) is 22.4 Å². The van der Waals surface area contributed by atoms with E-state index in [4.69, 9.17) is 0 Å². The number of amides is 1. The van der Waals surface area contributed by atoms with E-state index in [9.17, 15) is 14.3 Å². The molecule has 2 aromatic rings. The van der Waals surface area contributed by atoms with Crippen molar-refractivity contribution < 1.29 is 14.3 Å². The third-order valence-corrected chi connectivity index (χ3v) is 5.17. The van der Waals surface area contributed by atoms with E-state index in [1.807, 2.05) is 24.3 Å². The third kappa shape index (κ3) is 3.74. The lowest BCUT2D eigenvalue weighted by Gasteiger charge is -2.34. The molecular weight excluding hydrogens is 313 g/mol. The van der Waals surface area contributed by atoms with Gasteiger partial charge in [-0.25, -0.2) is 4.39 Å². The number of nitrogens with one attached hydrogen (secondary N) is 1. The molecule has 0 saturated heterocycles. The maximum absolute atomic E-state index is 12.9. The van der Waals surface area contributed by atoms with Crippen molar-refractivity contribution >= 4 is 17.7 Å². The zero-order valence-corrected chi connectivity index (χ0v) is 13.4. The van der Waals surface area contributed by atoms with Gasteiger partial charge in [0.1, 0.15) is 11.4 Å². The summed E-state index contributed by atoms with van der Waals surface area (Å²) in [7, 11) is 0. The average Bonchev–Trinajstić information content (AvgIpc) is 2.56. The van der Waals surface area contributed by atoms with Crippen LogP contribution in [0.5, 0.6) is 0 Å². The maximum atomic E-state index is 12.9. The summed E-state index contributed by atoms with van der Waals surface area (Å²) in [4.78, 5) is 12.1. The standard InChI is InChI=1S/C18H18FNO2S/c19-15-7-5-13(6-8-15)9-17(21)20-11-18(22)12-23-10-14-3-1-2-4-16(14)18/h1-8,22H,9-12H2,(H,20,21). The number of hydrogen-bond acceptors (Lipinski definition) is 3. The van der Waals surface area contributed by atoms with E-state index in [1.54, 1.807) is 23.9 Å². The molecule has 1 amide bonds. The van der Waals surface area contributed by atoms with Gasteiger partial charge in [-0.15, -0.1) is 0 Å². The molecule has 2 N–H and O–H groups in total. The van der Waals surface area contributed by atoms with Crippen molar-refractivity contribution in [3.8, 4) is 0 Å². The lowest BCUT2D eigenvalue weighted by Crippen LogP contribution is -2.45. The summed E-state index contributed by atoms with van der Waals surface area (Å²) >= 11 is 1.66. The fourth-order valence-corrected chi connectivity index (χ4v) is 3.92. The number of hydrogen-bond donors (Lipinski definition) is 2. The van der Waals surface area contributed by atoms with Crippen LogP contribution in [0.2, 0.25) is 0 Å². The molecule has 2 aromatic carbocycles. The Kier molecular flexibility index (Phi) is 4.68. The normalized spacial score (nSPS) is 19.9. The first kappa shape index (κ1) is 16.0. The van der Waals surface area contributed by atoms with Crippen LogP contribution >= 0.6 is 11.8 Å². The molecule has 120 valence electrons. The second-order valence-electron chi connectivity index (χ2n) is 5.76. The van der Waals surface area contributed by atoms with Crippen molar-refractivity contribution in [2.45, 2.75) is 17.8 Å². The molecule has 0 radical (unpaired) electrons. The van der Waals surface area contributed by atoms with Gasteiger partial charge in [0.25, 0.3) is 0 Å². The highest BCUT2D eigenvalue weighted by atomic mass is 32.2. The zero-order chi connectivity index (χ0) is 16.3. The topological polar surface area (TPSA) is 49.3 Å². The number of carbonyl (C=O) groups excluding carboxylic acids is 1. The SMILES string of the molecule is O=C(Cc1ccc(F)cc1)NCC1(O)CSCc2ccccc21. The number of aliphatic hydroxyl groups is 1. The smallest absolute Gasteiger partial charge is 0.224 e. The monoisotopic (exact) mass is 331 g/mol. The number of benzene rings is 2. The second-order valence-corrected chi connectivity index (χ2v) is 6.75. The van der Waals surface area contributed by atoms with E-state index in [0.29, 0.717) is 5.75 Å². The molecule has 0 saturated carbocycles. The quantitative estimate of drug-likeness (QED) is 0.905. The van der Waals surface area contributed by atoms with E-state index in [-0.39, 0.29) is 24.7 Å². The van der Waals surface area contributed by atoms with Crippen molar-refractivity contribution in [2.75, 3.05) is 12.3 Å². The fraction of sp³-hybridized carbons (Fsp3) is 0.278. The number of thioether (sulfide) groups is 1. The van der Waals surface area contributed by atoms with Gasteiger partial charge in [-0.05, 0) is 28.8 Å². The van der Waals surface area contributed by atoms with Gasteiger partial charge in [0.05, 0.1) is 13.0 Å². The fourth-order valence-electron chi connectivity index (χ4n) is 2.75. The van der Waals surface area contributed by atoms with Gasteiger partial charge in [0.15, 0.2) is 0 Å². The van der Waals surface area contributed by atoms with Crippen LogP contribution in [-0.4, -0.2) is 23.3 Å². The van der Waals surface area contributed by atoms with Gasteiger partial charge >= 0.3 is 0 Å². The van der Waals surface area contributed by atoms with Crippen molar-refractivity contribution in [3.05, 3.63) is 71.0 Å². The summed E-state index contributed by atoms with van der Waals surface area (Å²) in [5, 5.41) is 13.7. The minimum absolute atomic E-state index is 0.172. The van der Waals surface area contributed by atoms with E-state index >= 15 is 0 Å². The molecule has 3 nitrogen and oxygen atoms in total. The van der Waals surface area contributed by atoms with E-state index < -0.39 is 5.60 Å². The second kappa shape index (κ2) is 6.72. The van der Waals surface area contributed by atoms with Crippen LogP contribution in [-0.2, 0) is 22.6 Å². The minimum Gasteiger partial charge on any atom is -0.382 e. The van der Waals surface area contributed by atoms with Gasteiger partial charge in [0, 0.05) is 11.5 Å². The summed E-state index contributed by atoms with van der Waals surface area (Å²) in [5.74, 6) is 0.931. The van der Waals surface area contributed by atoms with Crippen molar-refractivity contribution in [3.63, 3.8) is 0 Å². The first-order valence-corrected chi connectivity index (χ1v) is 8.62. The number of rotatable bonds is 4. The van der Waals surface area contributed by atoms with Crippen LogP contribution in [0, 0.1) is 5.82 Å². The lowest BCUT2D eigenvalue weighted by molar-refractivity contribution is -0.121. The Balaban J connectivity index is 1.64. The zero-order valence-electron chi connectivity index (χ0n) is 12.6. The highest BCUT2D eigenvalue weighted by Crippen LogP contribution is 2.35. The van der Waals surface area contributed by atoms with Gasteiger partial charge in [-0.3, -0.25) is 4.79 Å². The summed E-state index contributed by atoms with van der Waals surface area (Å²) in [6.07, 6.45) is 0.172. The van der Waals surface area contributed by atoms with Gasteiger partial charge in [-0.2, -0.15) is 11.8 Å². The predicted octanol–water partition coefficient (Wildman–Crippen LogP) is 2.62. The Hall–Kier alpha value is -1.85. The number of halogens is 1. The highest BCUT2D eigenvalue weighted by Gasteiger charge is 2.34. The first-order chi connectivity index (χ1) is 11.1. The molecule has 0 fully saturated rings. The van der Waals surface area contributed by atoms with Crippen molar-refractivity contribution in [1.29, 1.82) is 0 Å². The van der Waals surface area contributed by atoms with Crippen LogP contribution in [0.1, 0.15) is 16.7 Å². The first-order valence-electron chi connectivity index (χ1n) is 7.46. The molecule has 3 rings (SSSR count).